The lowest BCUT2D eigenvalue weighted by Gasteiger charge is -2.21. The maximum absolute atomic E-state index is 12.1. The fourth-order valence-corrected chi connectivity index (χ4v) is 3.15. The number of nitrogens with zero attached hydrogens (tertiary/aromatic N) is 2. The Labute approximate surface area is 163 Å². The predicted molar refractivity (Wildman–Crippen MR) is 107 cm³/mol. The molecule has 2 aromatic carbocycles. The fourth-order valence-electron chi connectivity index (χ4n) is 2.17. The monoisotopic (exact) mass is 409 g/mol. The Morgan fingerprint density at radius 3 is 2.37 bits per heavy atom. The van der Waals surface area contributed by atoms with Gasteiger partial charge in [-0.1, -0.05) is 11.6 Å². The van der Waals surface area contributed by atoms with Crippen LogP contribution in [-0.2, 0) is 14.8 Å². The molecule has 144 valence electrons. The molecule has 0 radical (unpaired) electrons. The van der Waals surface area contributed by atoms with E-state index in [-0.39, 0.29) is 0 Å². The first-order chi connectivity index (χ1) is 12.8. The minimum absolute atomic E-state index is 0.340. The topological polar surface area (TPSA) is 88.1 Å². The number of carbonyl (C=O) groups excluding carboxylic acids is 1. The number of ether oxygens (including phenoxy) is 1. The minimum Gasteiger partial charge on any atom is -0.494 e. The van der Waals surface area contributed by atoms with E-state index in [0.29, 0.717) is 17.3 Å². The Balaban J connectivity index is 2.00. The third kappa shape index (κ3) is 6.58. The van der Waals surface area contributed by atoms with Crippen LogP contribution in [0.25, 0.3) is 0 Å². The van der Waals surface area contributed by atoms with Gasteiger partial charge in [0, 0.05) is 5.02 Å². The maximum Gasteiger partial charge on any atom is 0.260 e. The number of hydrogen-bond donors (Lipinski definition) is 1. The van der Waals surface area contributed by atoms with E-state index in [9.17, 15) is 13.2 Å². The van der Waals surface area contributed by atoms with Crippen LogP contribution in [0.4, 0.5) is 5.69 Å². The number of hydrazone groups is 1. The number of anilines is 1. The van der Waals surface area contributed by atoms with Gasteiger partial charge in [0.25, 0.3) is 5.91 Å². The molecule has 2 rings (SSSR count). The first-order valence-electron chi connectivity index (χ1n) is 8.07. The zero-order valence-corrected chi connectivity index (χ0v) is 16.5. The number of rotatable bonds is 8. The molecule has 0 aliphatic carbocycles. The van der Waals surface area contributed by atoms with Crippen molar-refractivity contribution in [2.45, 2.75) is 6.92 Å². The van der Waals surface area contributed by atoms with Crippen molar-refractivity contribution in [3.63, 3.8) is 0 Å². The molecule has 0 aromatic heterocycles. The van der Waals surface area contributed by atoms with E-state index in [2.05, 4.69) is 10.5 Å². The van der Waals surface area contributed by atoms with Crippen molar-refractivity contribution >= 4 is 39.4 Å². The molecule has 0 bridgehead atoms. The van der Waals surface area contributed by atoms with Crippen LogP contribution in [0.15, 0.2) is 53.6 Å². The highest BCUT2D eigenvalue weighted by atomic mass is 35.5. The second kappa shape index (κ2) is 9.38. The highest BCUT2D eigenvalue weighted by Gasteiger charge is 2.20. The molecular formula is C18H20ClN3O4S. The summed E-state index contributed by atoms with van der Waals surface area (Å²) in [5.41, 5.74) is 3.42. The Kier molecular flexibility index (Phi) is 7.20. The first-order valence-corrected chi connectivity index (χ1v) is 10.3. The van der Waals surface area contributed by atoms with E-state index in [4.69, 9.17) is 16.3 Å². The molecule has 0 unspecified atom stereocenters. The van der Waals surface area contributed by atoms with Crippen LogP contribution in [0.3, 0.4) is 0 Å². The Morgan fingerprint density at radius 1 is 1.19 bits per heavy atom. The average Bonchev–Trinajstić information content (AvgIpc) is 2.61. The first kappa shape index (κ1) is 20.7. The van der Waals surface area contributed by atoms with E-state index >= 15 is 0 Å². The lowest BCUT2D eigenvalue weighted by molar-refractivity contribution is -0.119. The van der Waals surface area contributed by atoms with Crippen LogP contribution in [0, 0.1) is 0 Å². The van der Waals surface area contributed by atoms with Crippen molar-refractivity contribution in [3.8, 4) is 5.75 Å². The van der Waals surface area contributed by atoms with Crippen LogP contribution in [0.2, 0.25) is 5.02 Å². The third-order valence-electron chi connectivity index (χ3n) is 3.40. The normalized spacial score (nSPS) is 11.4. The minimum atomic E-state index is -3.65. The number of carbonyl (C=O) groups is 1. The van der Waals surface area contributed by atoms with Gasteiger partial charge in [-0.05, 0) is 61.0 Å². The highest BCUT2D eigenvalue weighted by Crippen LogP contribution is 2.20. The molecule has 0 saturated carbocycles. The van der Waals surface area contributed by atoms with Crippen molar-refractivity contribution in [1.82, 2.24) is 5.43 Å². The van der Waals surface area contributed by atoms with Crippen LogP contribution in [0.5, 0.6) is 5.75 Å². The number of nitrogens with one attached hydrogen (secondary N) is 1. The summed E-state index contributed by atoms with van der Waals surface area (Å²) in [6, 6.07) is 13.3. The van der Waals surface area contributed by atoms with E-state index in [1.807, 2.05) is 6.92 Å². The zero-order valence-electron chi connectivity index (χ0n) is 14.9. The van der Waals surface area contributed by atoms with E-state index in [1.54, 1.807) is 36.4 Å². The number of hydrogen-bond acceptors (Lipinski definition) is 5. The molecule has 0 aliphatic heterocycles. The standard InChI is InChI=1S/C18H20ClN3O4S/c1-3-26-17-10-4-14(5-11-17)12-20-21-18(23)13-22(27(2,24)25)16-8-6-15(19)7-9-16/h4-12H,3,13H2,1-2H3,(H,21,23). The van der Waals surface area contributed by atoms with Gasteiger partial charge in [0.15, 0.2) is 0 Å². The number of amides is 1. The molecule has 0 atom stereocenters. The van der Waals surface area contributed by atoms with Crippen LogP contribution in [0.1, 0.15) is 12.5 Å². The maximum atomic E-state index is 12.1. The third-order valence-corrected chi connectivity index (χ3v) is 4.79. The number of benzene rings is 2. The fraction of sp³-hybridized carbons (Fsp3) is 0.222. The summed E-state index contributed by atoms with van der Waals surface area (Å²) < 4.78 is 30.3. The van der Waals surface area contributed by atoms with Gasteiger partial charge >= 0.3 is 0 Å². The molecule has 27 heavy (non-hydrogen) atoms. The summed E-state index contributed by atoms with van der Waals surface area (Å²) in [7, 11) is -3.65. The Bertz CT molecular complexity index is 897. The molecule has 0 saturated heterocycles. The predicted octanol–water partition coefficient (Wildman–Crippen LogP) is 2.66. The lowest BCUT2D eigenvalue weighted by atomic mass is 10.2. The second-order valence-electron chi connectivity index (χ2n) is 5.54. The van der Waals surface area contributed by atoms with Gasteiger partial charge < -0.3 is 4.74 Å². The van der Waals surface area contributed by atoms with Gasteiger partial charge in [0.1, 0.15) is 12.3 Å². The van der Waals surface area contributed by atoms with E-state index in [1.165, 1.54) is 18.3 Å². The van der Waals surface area contributed by atoms with Crippen molar-refractivity contribution in [3.05, 3.63) is 59.1 Å². The molecule has 7 nitrogen and oxygen atoms in total. The van der Waals surface area contributed by atoms with Crippen LogP contribution < -0.4 is 14.5 Å². The number of sulfonamides is 1. The Morgan fingerprint density at radius 2 is 1.81 bits per heavy atom. The van der Waals surface area contributed by atoms with Gasteiger partial charge in [0.05, 0.1) is 24.8 Å². The molecule has 0 aliphatic rings. The highest BCUT2D eigenvalue weighted by molar-refractivity contribution is 7.92. The summed E-state index contributed by atoms with van der Waals surface area (Å²) in [6.07, 6.45) is 2.48. The summed E-state index contributed by atoms with van der Waals surface area (Å²) in [6.45, 7) is 2.07. The largest absolute Gasteiger partial charge is 0.494 e. The summed E-state index contributed by atoms with van der Waals surface area (Å²) in [5, 5.41) is 4.32. The van der Waals surface area contributed by atoms with Gasteiger partial charge in [0.2, 0.25) is 10.0 Å². The van der Waals surface area contributed by atoms with E-state index < -0.39 is 22.5 Å². The molecule has 0 spiro atoms. The van der Waals surface area contributed by atoms with Crippen molar-refractivity contribution < 1.29 is 17.9 Å². The molecule has 0 heterocycles. The quantitative estimate of drug-likeness (QED) is 0.536. The average molecular weight is 410 g/mol. The molecule has 1 amide bonds. The van der Waals surface area contributed by atoms with Crippen LogP contribution >= 0.6 is 11.6 Å². The number of halogens is 1. The summed E-state index contributed by atoms with van der Waals surface area (Å²) >= 11 is 5.82. The van der Waals surface area contributed by atoms with Crippen molar-refractivity contribution in [2.24, 2.45) is 5.10 Å². The van der Waals surface area contributed by atoms with Gasteiger partial charge in [-0.15, -0.1) is 0 Å². The second-order valence-corrected chi connectivity index (χ2v) is 7.88. The van der Waals surface area contributed by atoms with Crippen molar-refractivity contribution in [2.75, 3.05) is 23.7 Å². The molecule has 1 N–H and O–H groups in total. The summed E-state index contributed by atoms with van der Waals surface area (Å²) in [4.78, 5) is 12.1. The SMILES string of the molecule is CCOc1ccc(C=NNC(=O)CN(c2ccc(Cl)cc2)S(C)(=O)=O)cc1. The molecule has 2 aromatic rings. The Hall–Kier alpha value is -2.58. The van der Waals surface area contributed by atoms with Crippen molar-refractivity contribution in [1.29, 1.82) is 0 Å². The van der Waals surface area contributed by atoms with Gasteiger partial charge in [-0.2, -0.15) is 5.10 Å². The smallest absolute Gasteiger partial charge is 0.260 e. The zero-order chi connectivity index (χ0) is 19.9. The van der Waals surface area contributed by atoms with E-state index in [0.717, 1.165) is 21.9 Å². The molecular weight excluding hydrogens is 390 g/mol. The lowest BCUT2D eigenvalue weighted by Crippen LogP contribution is -2.38. The van der Waals surface area contributed by atoms with Crippen LogP contribution in [-0.4, -0.2) is 39.9 Å². The summed E-state index contributed by atoms with van der Waals surface area (Å²) in [5.74, 6) is 0.169. The molecule has 9 heteroatoms. The van der Waals surface area contributed by atoms with Gasteiger partial charge in [-0.3, -0.25) is 9.10 Å². The van der Waals surface area contributed by atoms with Gasteiger partial charge in [-0.25, -0.2) is 13.8 Å². The molecule has 0 fully saturated rings.